The summed E-state index contributed by atoms with van der Waals surface area (Å²) >= 11 is 0.0802. The van der Waals surface area contributed by atoms with Crippen LogP contribution < -0.4 is 4.46 Å². The van der Waals surface area contributed by atoms with Gasteiger partial charge in [-0.15, -0.1) is 0 Å². The van der Waals surface area contributed by atoms with E-state index in [2.05, 4.69) is 117 Å². The van der Waals surface area contributed by atoms with Crippen molar-refractivity contribution in [1.82, 2.24) is 0 Å². The molecule has 0 bridgehead atoms. The van der Waals surface area contributed by atoms with Gasteiger partial charge in [-0.1, -0.05) is 0 Å². The van der Waals surface area contributed by atoms with Crippen LogP contribution in [0.5, 0.6) is 0 Å². The molecule has 1 aliphatic carbocycles. The third-order valence-electron chi connectivity index (χ3n) is 8.65. The predicted molar refractivity (Wildman–Crippen MR) is 166 cm³/mol. The standard InChI is InChI=1S/C31H54O3SeSi2/c1-12-13-15-18-24(33-36(8,9)30(2,3)4)21-22-26-28(34-37(10,11)31(5,6)7)23-27(32)29(26)35-25-19-16-14-17-20-25/h14,16-17,19-22,24,26,28-29H,12-13,15,18,23H2,1-11H3/b22-21+/t24-,26?,28+,29+/m0/s1. The van der Waals surface area contributed by atoms with Crippen LogP contribution in [0.4, 0.5) is 0 Å². The molecule has 6 heteroatoms. The SMILES string of the molecule is CCCCC[C@@H](/C=C/C1[C@H](O[Si](C)(C)C(C)(C)C)CC(=O)[C@@H]1[Se]c1ccccc1)O[Si](C)(C)C(C)(C)C. The van der Waals surface area contributed by atoms with Crippen molar-refractivity contribution >= 4 is 41.8 Å². The van der Waals surface area contributed by atoms with Gasteiger partial charge in [0.25, 0.3) is 0 Å². The van der Waals surface area contributed by atoms with E-state index in [-0.39, 0.29) is 48.0 Å². The molecule has 0 aliphatic heterocycles. The Bertz CT molecular complexity index is 884. The van der Waals surface area contributed by atoms with Crippen molar-refractivity contribution in [2.75, 3.05) is 0 Å². The van der Waals surface area contributed by atoms with Crippen LogP contribution in [0.2, 0.25) is 41.1 Å². The van der Waals surface area contributed by atoms with Crippen molar-refractivity contribution in [1.29, 1.82) is 0 Å². The molecular weight excluding hydrogens is 555 g/mol. The molecule has 1 unspecified atom stereocenters. The van der Waals surface area contributed by atoms with E-state index in [1.807, 2.05) is 0 Å². The van der Waals surface area contributed by atoms with Crippen LogP contribution in [-0.4, -0.2) is 49.6 Å². The summed E-state index contributed by atoms with van der Waals surface area (Å²) in [5, 5.41) is 0.279. The Kier molecular flexibility index (Phi) is 11.7. The van der Waals surface area contributed by atoms with Crippen LogP contribution in [0.15, 0.2) is 42.5 Å². The molecule has 1 aromatic carbocycles. The zero-order valence-corrected chi connectivity index (χ0v) is 29.2. The summed E-state index contributed by atoms with van der Waals surface area (Å²) in [6, 6.07) is 10.6. The fraction of sp³-hybridized carbons (Fsp3) is 0.710. The van der Waals surface area contributed by atoms with Crippen LogP contribution in [0, 0.1) is 5.92 Å². The minimum atomic E-state index is -2.01. The maximum atomic E-state index is 13.4. The van der Waals surface area contributed by atoms with Crippen molar-refractivity contribution in [3.63, 3.8) is 0 Å². The van der Waals surface area contributed by atoms with Crippen LogP contribution in [-0.2, 0) is 13.6 Å². The second-order valence-corrected chi connectivity index (χ2v) is 25.9. The number of hydrogen-bond acceptors (Lipinski definition) is 3. The van der Waals surface area contributed by atoms with Gasteiger partial charge >= 0.3 is 238 Å². The van der Waals surface area contributed by atoms with Gasteiger partial charge in [-0.25, -0.2) is 0 Å². The fourth-order valence-electron chi connectivity index (χ4n) is 4.15. The summed E-state index contributed by atoms with van der Waals surface area (Å²) < 4.78 is 15.2. The summed E-state index contributed by atoms with van der Waals surface area (Å²) in [6.07, 6.45) is 9.89. The molecule has 1 aromatic rings. The van der Waals surface area contributed by atoms with Gasteiger partial charge in [0.1, 0.15) is 0 Å². The molecule has 37 heavy (non-hydrogen) atoms. The van der Waals surface area contributed by atoms with E-state index in [1.165, 1.54) is 23.7 Å². The molecule has 0 heterocycles. The molecule has 0 aromatic heterocycles. The fourth-order valence-corrected chi connectivity index (χ4v) is 9.45. The number of Topliss-reactive ketones (excluding diaryl/α,β-unsaturated/α-hetero) is 1. The molecular formula is C31H54O3SeSi2. The minimum absolute atomic E-state index is 0.0186. The summed E-state index contributed by atoms with van der Waals surface area (Å²) in [5.41, 5.74) is 0. The van der Waals surface area contributed by atoms with E-state index in [0.29, 0.717) is 12.2 Å². The first-order valence-electron chi connectivity index (χ1n) is 14.3. The quantitative estimate of drug-likeness (QED) is 0.136. The zero-order valence-electron chi connectivity index (χ0n) is 25.5. The van der Waals surface area contributed by atoms with E-state index in [0.717, 1.165) is 6.42 Å². The van der Waals surface area contributed by atoms with Crippen molar-refractivity contribution in [3.05, 3.63) is 42.5 Å². The number of rotatable bonds is 12. The first-order valence-corrected chi connectivity index (χ1v) is 21.9. The van der Waals surface area contributed by atoms with E-state index < -0.39 is 16.6 Å². The van der Waals surface area contributed by atoms with Gasteiger partial charge in [0.2, 0.25) is 0 Å². The normalized spacial score (nSPS) is 22.7. The predicted octanol–water partition coefficient (Wildman–Crippen LogP) is 8.31. The van der Waals surface area contributed by atoms with E-state index in [4.69, 9.17) is 8.85 Å². The summed E-state index contributed by atoms with van der Waals surface area (Å²) in [4.78, 5) is 13.5. The monoisotopic (exact) mass is 610 g/mol. The summed E-state index contributed by atoms with van der Waals surface area (Å²) in [7, 11) is -3.93. The Balaban J connectivity index is 2.38. The average Bonchev–Trinajstić information content (AvgIpc) is 3.04. The van der Waals surface area contributed by atoms with Gasteiger partial charge in [-0.05, 0) is 0 Å². The van der Waals surface area contributed by atoms with Crippen molar-refractivity contribution < 1.29 is 13.6 Å². The Labute approximate surface area is 237 Å². The molecule has 210 valence electrons. The first-order chi connectivity index (χ1) is 17.0. The Morgan fingerprint density at radius 3 is 2.11 bits per heavy atom. The molecule has 0 amide bonds. The number of carbonyl (C=O) groups excluding carboxylic acids is 1. The van der Waals surface area contributed by atoms with Gasteiger partial charge in [0, 0.05) is 0 Å². The third-order valence-corrected chi connectivity index (χ3v) is 20.5. The number of unbranched alkanes of at least 4 members (excludes halogenated alkanes) is 2. The molecule has 1 saturated carbocycles. The topological polar surface area (TPSA) is 35.5 Å². The van der Waals surface area contributed by atoms with E-state index >= 15 is 0 Å². The van der Waals surface area contributed by atoms with Crippen molar-refractivity contribution in [2.24, 2.45) is 5.92 Å². The summed E-state index contributed by atoms with van der Waals surface area (Å²) in [6.45, 7) is 25.3. The molecule has 2 rings (SSSR count). The average molecular weight is 610 g/mol. The molecule has 1 aliphatic rings. The summed E-state index contributed by atoms with van der Waals surface area (Å²) in [5.74, 6) is 0.480. The van der Waals surface area contributed by atoms with Gasteiger partial charge in [-0.2, -0.15) is 0 Å². The third kappa shape index (κ3) is 9.29. The van der Waals surface area contributed by atoms with Gasteiger partial charge < -0.3 is 0 Å². The molecule has 0 radical (unpaired) electrons. The van der Waals surface area contributed by atoms with Crippen LogP contribution >= 0.6 is 0 Å². The molecule has 4 atom stereocenters. The van der Waals surface area contributed by atoms with Crippen molar-refractivity contribution in [2.45, 2.75) is 134 Å². The van der Waals surface area contributed by atoms with Crippen LogP contribution in [0.25, 0.3) is 0 Å². The van der Waals surface area contributed by atoms with Gasteiger partial charge in [0.15, 0.2) is 0 Å². The van der Waals surface area contributed by atoms with E-state index in [9.17, 15) is 4.79 Å². The maximum absolute atomic E-state index is 13.4. The van der Waals surface area contributed by atoms with E-state index in [1.54, 1.807) is 0 Å². The van der Waals surface area contributed by atoms with Crippen molar-refractivity contribution in [3.8, 4) is 0 Å². The first kappa shape index (κ1) is 32.7. The number of carbonyl (C=O) groups is 1. The number of hydrogen-bond donors (Lipinski definition) is 0. The van der Waals surface area contributed by atoms with Crippen LogP contribution in [0.1, 0.15) is 80.6 Å². The molecule has 3 nitrogen and oxygen atoms in total. The zero-order chi connectivity index (χ0) is 28.1. The second-order valence-electron chi connectivity index (χ2n) is 13.8. The molecule has 0 spiro atoms. The number of benzene rings is 1. The Morgan fingerprint density at radius 2 is 1.57 bits per heavy atom. The molecule has 1 fully saturated rings. The van der Waals surface area contributed by atoms with Gasteiger partial charge in [-0.3, -0.25) is 0 Å². The molecule has 0 saturated heterocycles. The number of ketones is 1. The van der Waals surface area contributed by atoms with Crippen LogP contribution in [0.3, 0.4) is 0 Å². The Morgan fingerprint density at radius 1 is 0.973 bits per heavy atom. The Hall–Kier alpha value is -0.497. The van der Waals surface area contributed by atoms with Gasteiger partial charge in [0.05, 0.1) is 0 Å². The second kappa shape index (κ2) is 13.2. The molecule has 0 N–H and O–H groups in total.